The normalized spacial score (nSPS) is 10.0. The smallest absolute Gasteiger partial charge is 0.340 e. The monoisotopic (exact) mass is 289 g/mol. The number of ether oxygens (including phenoxy) is 1. The Kier molecular flexibility index (Phi) is 4.13. The van der Waals surface area contributed by atoms with Crippen molar-refractivity contribution in [3.63, 3.8) is 0 Å². The van der Waals surface area contributed by atoms with Crippen molar-refractivity contribution in [3.8, 4) is 0 Å². The van der Waals surface area contributed by atoms with Gasteiger partial charge in [-0.25, -0.2) is 14.2 Å². The van der Waals surface area contributed by atoms with Gasteiger partial charge in [0.15, 0.2) is 5.69 Å². The van der Waals surface area contributed by atoms with Crippen LogP contribution in [-0.4, -0.2) is 24.0 Å². The van der Waals surface area contributed by atoms with Crippen molar-refractivity contribution in [3.05, 3.63) is 53.6 Å². The number of hydrogen-bond donors (Lipinski definition) is 2. The number of rotatable bonds is 3. The van der Waals surface area contributed by atoms with Crippen molar-refractivity contribution in [2.45, 2.75) is 0 Å². The number of nitrogens with one attached hydrogen (secondary N) is 1. The van der Waals surface area contributed by atoms with Crippen LogP contribution in [0.25, 0.3) is 0 Å². The van der Waals surface area contributed by atoms with E-state index in [0.29, 0.717) is 0 Å². The highest BCUT2D eigenvalue weighted by Gasteiger charge is 2.17. The van der Waals surface area contributed by atoms with E-state index in [9.17, 15) is 14.0 Å². The molecule has 0 unspecified atom stereocenters. The Bertz CT molecular complexity index is 704. The molecule has 2 rings (SSSR count). The third-order valence-electron chi connectivity index (χ3n) is 2.69. The molecule has 21 heavy (non-hydrogen) atoms. The highest BCUT2D eigenvalue weighted by molar-refractivity contribution is 6.09. The fraction of sp³-hybridized carbons (Fsp3) is 0.0714. The second-order valence-electron chi connectivity index (χ2n) is 4.08. The summed E-state index contributed by atoms with van der Waals surface area (Å²) in [5.74, 6) is -1.99. The standard InChI is InChI=1S/C14H12FN3O3/c1-21-14(20)9-7-8(15)4-5-11(9)18-13(19)12-10(16)3-2-6-17-12/h2-7H,16H2,1H3,(H,18,19). The molecular weight excluding hydrogens is 277 g/mol. The Morgan fingerprint density at radius 2 is 2.10 bits per heavy atom. The number of esters is 1. The van der Waals surface area contributed by atoms with E-state index in [2.05, 4.69) is 15.0 Å². The van der Waals surface area contributed by atoms with E-state index in [1.54, 1.807) is 6.07 Å². The average Bonchev–Trinajstić information content (AvgIpc) is 2.48. The van der Waals surface area contributed by atoms with Crippen LogP contribution in [0.4, 0.5) is 15.8 Å². The van der Waals surface area contributed by atoms with Crippen molar-refractivity contribution in [1.82, 2.24) is 4.98 Å². The predicted octanol–water partition coefficient (Wildman–Crippen LogP) is 1.84. The van der Waals surface area contributed by atoms with Gasteiger partial charge in [0.1, 0.15) is 5.82 Å². The van der Waals surface area contributed by atoms with Crippen LogP contribution in [0.2, 0.25) is 0 Å². The van der Waals surface area contributed by atoms with E-state index < -0.39 is 17.7 Å². The van der Waals surface area contributed by atoms with E-state index in [1.165, 1.54) is 18.3 Å². The van der Waals surface area contributed by atoms with Crippen LogP contribution in [0.1, 0.15) is 20.8 Å². The van der Waals surface area contributed by atoms with Gasteiger partial charge in [0.25, 0.3) is 5.91 Å². The van der Waals surface area contributed by atoms with E-state index in [1.807, 2.05) is 0 Å². The number of nitrogens with two attached hydrogens (primary N) is 1. The quantitative estimate of drug-likeness (QED) is 0.841. The minimum Gasteiger partial charge on any atom is -0.465 e. The summed E-state index contributed by atoms with van der Waals surface area (Å²) in [6.07, 6.45) is 1.41. The van der Waals surface area contributed by atoms with Crippen LogP contribution in [-0.2, 0) is 4.74 Å². The van der Waals surface area contributed by atoms with E-state index in [0.717, 1.165) is 19.2 Å². The van der Waals surface area contributed by atoms with Gasteiger partial charge in [0, 0.05) is 6.20 Å². The number of carbonyl (C=O) groups is 2. The van der Waals surface area contributed by atoms with Gasteiger partial charge in [0.05, 0.1) is 24.0 Å². The molecule has 0 saturated carbocycles. The lowest BCUT2D eigenvalue weighted by Gasteiger charge is -2.10. The second-order valence-corrected chi connectivity index (χ2v) is 4.08. The molecule has 0 bridgehead atoms. The first-order valence-corrected chi connectivity index (χ1v) is 5.92. The third kappa shape index (κ3) is 3.14. The van der Waals surface area contributed by atoms with Crippen molar-refractivity contribution < 1.29 is 18.7 Å². The number of nitrogens with zero attached hydrogens (tertiary/aromatic N) is 1. The van der Waals surface area contributed by atoms with Crippen molar-refractivity contribution in [2.24, 2.45) is 0 Å². The number of nitrogen functional groups attached to an aromatic ring is 1. The Labute approximate surface area is 119 Å². The van der Waals surface area contributed by atoms with Gasteiger partial charge in [-0.05, 0) is 30.3 Å². The predicted molar refractivity (Wildman–Crippen MR) is 74.3 cm³/mol. The minimum atomic E-state index is -0.765. The number of anilines is 2. The van der Waals surface area contributed by atoms with Gasteiger partial charge in [0.2, 0.25) is 0 Å². The minimum absolute atomic E-state index is 0.0117. The van der Waals surface area contributed by atoms with Gasteiger partial charge >= 0.3 is 5.97 Å². The van der Waals surface area contributed by atoms with Crippen molar-refractivity contribution >= 4 is 23.3 Å². The molecule has 0 saturated heterocycles. The fourth-order valence-electron chi connectivity index (χ4n) is 1.69. The summed E-state index contributed by atoms with van der Waals surface area (Å²) < 4.78 is 17.8. The van der Waals surface area contributed by atoms with Gasteiger partial charge < -0.3 is 15.8 Å². The molecule has 1 aromatic carbocycles. The maximum Gasteiger partial charge on any atom is 0.340 e. The van der Waals surface area contributed by atoms with Gasteiger partial charge in [-0.1, -0.05) is 0 Å². The SMILES string of the molecule is COC(=O)c1cc(F)ccc1NC(=O)c1ncccc1N. The molecule has 6 nitrogen and oxygen atoms in total. The molecular formula is C14H12FN3O3. The van der Waals surface area contributed by atoms with Crippen LogP contribution >= 0.6 is 0 Å². The van der Waals surface area contributed by atoms with Crippen molar-refractivity contribution in [1.29, 1.82) is 0 Å². The second kappa shape index (κ2) is 6.00. The summed E-state index contributed by atoms with van der Waals surface area (Å²) >= 11 is 0. The zero-order chi connectivity index (χ0) is 15.4. The summed E-state index contributed by atoms with van der Waals surface area (Å²) in [6.45, 7) is 0. The number of pyridine rings is 1. The van der Waals surface area contributed by atoms with Crippen molar-refractivity contribution in [2.75, 3.05) is 18.2 Å². The maximum absolute atomic E-state index is 13.2. The lowest BCUT2D eigenvalue weighted by molar-refractivity contribution is 0.0601. The third-order valence-corrected chi connectivity index (χ3v) is 2.69. The lowest BCUT2D eigenvalue weighted by Crippen LogP contribution is -2.18. The Morgan fingerprint density at radius 1 is 1.33 bits per heavy atom. The molecule has 0 radical (unpaired) electrons. The molecule has 0 atom stereocenters. The lowest BCUT2D eigenvalue weighted by atomic mass is 10.1. The van der Waals surface area contributed by atoms with Crippen LogP contribution in [0.3, 0.4) is 0 Å². The van der Waals surface area contributed by atoms with Gasteiger partial charge in [-0.3, -0.25) is 4.79 Å². The van der Waals surface area contributed by atoms with Crippen LogP contribution in [0.5, 0.6) is 0 Å². The maximum atomic E-state index is 13.2. The number of halogens is 1. The van der Waals surface area contributed by atoms with Crippen LogP contribution < -0.4 is 11.1 Å². The molecule has 1 heterocycles. The molecule has 0 fully saturated rings. The number of carbonyl (C=O) groups excluding carboxylic acids is 2. The zero-order valence-electron chi connectivity index (χ0n) is 11.1. The summed E-state index contributed by atoms with van der Waals surface area (Å²) in [6, 6.07) is 6.46. The summed E-state index contributed by atoms with van der Waals surface area (Å²) in [7, 11) is 1.16. The largest absolute Gasteiger partial charge is 0.465 e. The molecule has 1 aromatic heterocycles. The van der Waals surface area contributed by atoms with E-state index in [4.69, 9.17) is 5.73 Å². The molecule has 0 aliphatic heterocycles. The number of amides is 1. The van der Waals surface area contributed by atoms with Gasteiger partial charge in [-0.15, -0.1) is 0 Å². The zero-order valence-corrected chi connectivity index (χ0v) is 11.1. The first-order chi connectivity index (χ1) is 10.0. The molecule has 3 N–H and O–H groups in total. The summed E-state index contributed by atoms with van der Waals surface area (Å²) in [5, 5.41) is 2.46. The average molecular weight is 289 g/mol. The number of hydrogen-bond acceptors (Lipinski definition) is 5. The van der Waals surface area contributed by atoms with E-state index >= 15 is 0 Å². The number of benzene rings is 1. The van der Waals surface area contributed by atoms with E-state index in [-0.39, 0.29) is 22.6 Å². The first-order valence-electron chi connectivity index (χ1n) is 5.92. The van der Waals surface area contributed by atoms with Crippen LogP contribution in [0, 0.1) is 5.82 Å². The molecule has 0 aliphatic rings. The molecule has 7 heteroatoms. The van der Waals surface area contributed by atoms with Gasteiger partial charge in [-0.2, -0.15) is 0 Å². The Hall–Kier alpha value is -2.96. The first kappa shape index (κ1) is 14.4. The Balaban J connectivity index is 2.34. The number of aromatic nitrogens is 1. The molecule has 1 amide bonds. The Morgan fingerprint density at radius 3 is 2.76 bits per heavy atom. The topological polar surface area (TPSA) is 94.3 Å². The fourth-order valence-corrected chi connectivity index (χ4v) is 1.69. The number of methoxy groups -OCH3 is 1. The summed E-state index contributed by atoms with van der Waals surface area (Å²) in [4.78, 5) is 27.5. The van der Waals surface area contributed by atoms with Crippen LogP contribution in [0.15, 0.2) is 36.5 Å². The molecule has 2 aromatic rings. The molecule has 0 aliphatic carbocycles. The highest BCUT2D eigenvalue weighted by Crippen LogP contribution is 2.19. The molecule has 108 valence electrons. The molecule has 0 spiro atoms. The highest BCUT2D eigenvalue weighted by atomic mass is 19.1. The summed E-state index contributed by atoms with van der Waals surface area (Å²) in [5.41, 5.74) is 5.86.